The molecule has 0 aliphatic heterocycles. The second kappa shape index (κ2) is 8.36. The van der Waals surface area contributed by atoms with Crippen LogP contribution < -0.4 is 15.4 Å². The number of ether oxygens (including phenoxy) is 1. The van der Waals surface area contributed by atoms with Gasteiger partial charge in [-0.3, -0.25) is 0 Å². The van der Waals surface area contributed by atoms with Crippen LogP contribution in [0.3, 0.4) is 0 Å². The Morgan fingerprint density at radius 2 is 1.93 bits per heavy atom. The molecule has 1 saturated carbocycles. The predicted molar refractivity (Wildman–Crippen MR) is 115 cm³/mol. The Hall–Kier alpha value is -2.32. The Morgan fingerprint density at radius 3 is 2.64 bits per heavy atom. The third kappa shape index (κ3) is 4.39. The van der Waals surface area contributed by atoms with Crippen LogP contribution in [0.1, 0.15) is 45.4 Å². The summed E-state index contributed by atoms with van der Waals surface area (Å²) < 4.78 is 10.6. The molecule has 2 N–H and O–H groups in total. The van der Waals surface area contributed by atoms with E-state index < -0.39 is 0 Å². The first-order chi connectivity index (χ1) is 13.6. The molecule has 1 aliphatic rings. The van der Waals surface area contributed by atoms with Crippen LogP contribution in [0.5, 0.6) is 5.88 Å². The first-order valence-corrected chi connectivity index (χ1v) is 10.6. The molecule has 1 fully saturated rings. The second-order valence-corrected chi connectivity index (χ2v) is 8.08. The topological polar surface area (TPSA) is 84.9 Å². The van der Waals surface area contributed by atoms with Crippen molar-refractivity contribution < 1.29 is 6.16 Å². The van der Waals surface area contributed by atoms with E-state index in [9.17, 15) is 0 Å². The Bertz CT molecular complexity index is 957. The Kier molecular flexibility index (Phi) is 5.68. The smallest absolute Gasteiger partial charge is 0.245 e. The summed E-state index contributed by atoms with van der Waals surface area (Å²) in [5.41, 5.74) is 3.40. The molecular weight excluding hydrogens is 372 g/mol. The van der Waals surface area contributed by atoms with Crippen LogP contribution >= 0.6 is 11.5 Å². The minimum absolute atomic E-state index is 0. The molecule has 8 heteroatoms. The number of rotatable bonds is 6. The molecule has 0 amide bonds. The van der Waals surface area contributed by atoms with Gasteiger partial charge >= 0.3 is 0 Å². The molecular formula is C20H28N6OS. The number of hydrogen-bond acceptors (Lipinski definition) is 8. The molecule has 150 valence electrons. The molecule has 0 atom stereocenters. The Morgan fingerprint density at radius 1 is 1.11 bits per heavy atom. The van der Waals surface area contributed by atoms with E-state index in [1.165, 1.54) is 11.5 Å². The molecule has 3 heterocycles. The van der Waals surface area contributed by atoms with Crippen molar-refractivity contribution in [2.24, 2.45) is 0 Å². The number of fused-ring (bicyclic) bond motifs is 1. The van der Waals surface area contributed by atoms with Crippen LogP contribution in [-0.4, -0.2) is 38.0 Å². The minimum atomic E-state index is 0. The highest BCUT2D eigenvalue weighted by Crippen LogP contribution is 2.29. The lowest BCUT2D eigenvalue weighted by atomic mass is 9.93. The molecule has 7 nitrogen and oxygen atoms in total. The number of nitrogens with zero attached hydrogens (tertiary/aromatic N) is 4. The number of nitrogens with one attached hydrogen (secondary N) is 2. The molecule has 3 aromatic rings. The van der Waals surface area contributed by atoms with E-state index in [0.29, 0.717) is 17.9 Å². The van der Waals surface area contributed by atoms with E-state index in [0.717, 1.165) is 59.7 Å². The fourth-order valence-corrected chi connectivity index (χ4v) is 4.24. The van der Waals surface area contributed by atoms with Crippen molar-refractivity contribution >= 4 is 33.5 Å². The normalized spacial score (nSPS) is 19.7. The van der Waals surface area contributed by atoms with Crippen LogP contribution in [0, 0.1) is 13.8 Å². The average molecular weight is 401 g/mol. The molecule has 0 spiro atoms. The molecule has 0 aromatic carbocycles. The minimum Gasteiger partial charge on any atom is -0.473 e. The van der Waals surface area contributed by atoms with Gasteiger partial charge in [0.25, 0.3) is 0 Å². The predicted octanol–water partition coefficient (Wildman–Crippen LogP) is 4.39. The molecule has 4 rings (SSSR count). The SMILES string of the molecule is CCNC1CCC(Oc2nc(Nc3cc(C)ns3)nc3ccc(C)nc23)CC1.[HH]. The number of hydrogen-bond donors (Lipinski definition) is 2. The molecule has 0 unspecified atom stereocenters. The van der Waals surface area contributed by atoms with E-state index in [-0.39, 0.29) is 7.53 Å². The highest BCUT2D eigenvalue weighted by atomic mass is 32.1. The van der Waals surface area contributed by atoms with Gasteiger partial charge in [0.15, 0.2) is 5.52 Å². The molecule has 0 radical (unpaired) electrons. The van der Waals surface area contributed by atoms with Gasteiger partial charge in [0.2, 0.25) is 11.8 Å². The van der Waals surface area contributed by atoms with Crippen molar-refractivity contribution in [3.63, 3.8) is 0 Å². The van der Waals surface area contributed by atoms with Crippen molar-refractivity contribution in [2.45, 2.75) is 58.6 Å². The maximum atomic E-state index is 6.34. The van der Waals surface area contributed by atoms with Crippen LogP contribution in [-0.2, 0) is 0 Å². The summed E-state index contributed by atoms with van der Waals surface area (Å²) in [5.74, 6) is 1.07. The first kappa shape index (κ1) is 19.0. The van der Waals surface area contributed by atoms with Crippen LogP contribution in [0.2, 0.25) is 0 Å². The van der Waals surface area contributed by atoms with E-state index in [4.69, 9.17) is 4.74 Å². The number of aryl methyl sites for hydroxylation is 2. The van der Waals surface area contributed by atoms with E-state index in [2.05, 4.69) is 36.9 Å². The van der Waals surface area contributed by atoms with Gasteiger partial charge in [-0.05, 0) is 75.8 Å². The summed E-state index contributed by atoms with van der Waals surface area (Å²) in [6.07, 6.45) is 4.45. The maximum Gasteiger partial charge on any atom is 0.245 e. The summed E-state index contributed by atoms with van der Waals surface area (Å²) >= 11 is 1.39. The Balaban J connectivity index is 0.00000240. The van der Waals surface area contributed by atoms with Gasteiger partial charge in [-0.25, -0.2) is 9.97 Å². The lowest BCUT2D eigenvalue weighted by Crippen LogP contribution is -2.36. The van der Waals surface area contributed by atoms with Crippen LogP contribution in [0.4, 0.5) is 10.9 Å². The van der Waals surface area contributed by atoms with Crippen molar-refractivity contribution in [2.75, 3.05) is 11.9 Å². The summed E-state index contributed by atoms with van der Waals surface area (Å²) in [5, 5.41) is 7.70. The number of anilines is 2. The van der Waals surface area contributed by atoms with Gasteiger partial charge in [0, 0.05) is 13.2 Å². The van der Waals surface area contributed by atoms with Gasteiger partial charge in [-0.2, -0.15) is 9.36 Å². The van der Waals surface area contributed by atoms with Crippen LogP contribution in [0.15, 0.2) is 18.2 Å². The monoisotopic (exact) mass is 400 g/mol. The van der Waals surface area contributed by atoms with Gasteiger partial charge in [-0.1, -0.05) is 6.92 Å². The van der Waals surface area contributed by atoms with E-state index in [1.54, 1.807) is 0 Å². The van der Waals surface area contributed by atoms with Crippen molar-refractivity contribution in [3.05, 3.63) is 29.6 Å². The summed E-state index contributed by atoms with van der Waals surface area (Å²) in [7, 11) is 0. The Labute approximate surface area is 170 Å². The van der Waals surface area contributed by atoms with Gasteiger partial charge < -0.3 is 15.4 Å². The number of aromatic nitrogens is 4. The summed E-state index contributed by atoms with van der Waals surface area (Å²) in [4.78, 5) is 13.9. The third-order valence-electron chi connectivity index (χ3n) is 4.96. The standard InChI is InChI=1S/C20H26N6OS.H2/c1-4-21-14-6-8-15(9-7-14)27-19-18-16(10-5-12(2)22-18)23-20(25-19)24-17-11-13(3)26-28-17;/h5,10-11,14-15,21H,4,6-9H2,1-3H3,(H,23,24,25);1H. The lowest BCUT2D eigenvalue weighted by molar-refractivity contribution is 0.136. The molecule has 28 heavy (non-hydrogen) atoms. The zero-order chi connectivity index (χ0) is 19.5. The fourth-order valence-electron chi connectivity index (χ4n) is 3.59. The summed E-state index contributed by atoms with van der Waals surface area (Å²) in [6, 6.07) is 6.51. The molecule has 1 aliphatic carbocycles. The quantitative estimate of drug-likeness (QED) is 0.635. The zero-order valence-electron chi connectivity index (χ0n) is 16.5. The van der Waals surface area contributed by atoms with Gasteiger partial charge in [0.1, 0.15) is 11.1 Å². The van der Waals surface area contributed by atoms with E-state index in [1.807, 2.05) is 32.0 Å². The first-order valence-electron chi connectivity index (χ1n) is 9.86. The van der Waals surface area contributed by atoms with Gasteiger partial charge in [0.05, 0.1) is 11.2 Å². The molecule has 3 aromatic heterocycles. The number of pyridine rings is 1. The molecule has 0 saturated heterocycles. The van der Waals surface area contributed by atoms with Gasteiger partial charge in [-0.15, -0.1) is 0 Å². The highest BCUT2D eigenvalue weighted by molar-refractivity contribution is 7.10. The van der Waals surface area contributed by atoms with Crippen molar-refractivity contribution in [3.8, 4) is 5.88 Å². The maximum absolute atomic E-state index is 6.34. The highest BCUT2D eigenvalue weighted by Gasteiger charge is 2.23. The largest absolute Gasteiger partial charge is 0.473 e. The van der Waals surface area contributed by atoms with Crippen molar-refractivity contribution in [1.29, 1.82) is 0 Å². The third-order valence-corrected chi connectivity index (χ3v) is 5.75. The summed E-state index contributed by atoms with van der Waals surface area (Å²) in [6.45, 7) is 7.11. The average Bonchev–Trinajstić information content (AvgIpc) is 3.09. The fraction of sp³-hybridized carbons (Fsp3) is 0.500. The molecule has 0 bridgehead atoms. The lowest BCUT2D eigenvalue weighted by Gasteiger charge is -2.29. The second-order valence-electron chi connectivity index (χ2n) is 7.28. The zero-order valence-corrected chi connectivity index (χ0v) is 17.3. The van der Waals surface area contributed by atoms with Crippen molar-refractivity contribution in [1.82, 2.24) is 24.6 Å². The van der Waals surface area contributed by atoms with E-state index >= 15 is 0 Å². The van der Waals surface area contributed by atoms with Crippen LogP contribution in [0.25, 0.3) is 11.0 Å².